The van der Waals surface area contributed by atoms with Crippen LogP contribution in [0.2, 0.25) is 0 Å². The van der Waals surface area contributed by atoms with Crippen LogP contribution in [0.5, 0.6) is 0 Å². The third-order valence-corrected chi connectivity index (χ3v) is 3.22. The molecule has 4 heteroatoms. The van der Waals surface area contributed by atoms with Crippen molar-refractivity contribution in [2.75, 3.05) is 11.9 Å². The first-order valence-electron chi connectivity index (χ1n) is 2.72. The van der Waals surface area contributed by atoms with Crippen molar-refractivity contribution >= 4 is 32.7 Å². The summed E-state index contributed by atoms with van der Waals surface area (Å²) >= 11 is 5.15. The number of rotatable bonds is 1. The summed E-state index contributed by atoms with van der Waals surface area (Å²) in [5.41, 5.74) is 0. The zero-order valence-corrected chi connectivity index (χ0v) is 7.54. The van der Waals surface area contributed by atoms with Gasteiger partial charge in [-0.05, 0) is 6.92 Å². The van der Waals surface area contributed by atoms with Crippen molar-refractivity contribution in [2.45, 2.75) is 12.2 Å². The molecule has 0 saturated carbocycles. The molecule has 1 atom stereocenters. The van der Waals surface area contributed by atoms with E-state index >= 15 is 0 Å². The maximum Gasteiger partial charge on any atom is 0.130 e. The number of nitrogens with zero attached hydrogens (tertiary/aromatic N) is 1. The van der Waals surface area contributed by atoms with Crippen molar-refractivity contribution in [1.82, 2.24) is 0 Å². The van der Waals surface area contributed by atoms with E-state index in [2.05, 4.69) is 21.1 Å². The van der Waals surface area contributed by atoms with Gasteiger partial charge in [0.05, 0.1) is 5.25 Å². The Balaban J connectivity index is 2.39. The van der Waals surface area contributed by atoms with Gasteiger partial charge in [-0.3, -0.25) is 0 Å². The lowest BCUT2D eigenvalue weighted by atomic mass is 10.5. The van der Waals surface area contributed by atoms with Crippen LogP contribution in [0.1, 0.15) is 6.92 Å². The fraction of sp³-hybridized carbons (Fsp3) is 0.800. The van der Waals surface area contributed by atoms with Crippen molar-refractivity contribution in [3.8, 4) is 0 Å². The van der Waals surface area contributed by atoms with Gasteiger partial charge in [0.25, 0.3) is 0 Å². The van der Waals surface area contributed by atoms with Crippen LogP contribution in [-0.2, 0) is 4.84 Å². The molecule has 0 radical (unpaired) electrons. The molecule has 1 aliphatic rings. The van der Waals surface area contributed by atoms with Gasteiger partial charge in [0.15, 0.2) is 0 Å². The van der Waals surface area contributed by atoms with Crippen LogP contribution < -0.4 is 0 Å². The summed E-state index contributed by atoms with van der Waals surface area (Å²) in [5, 5.41) is 6.33. The third kappa shape index (κ3) is 2.18. The Morgan fingerprint density at radius 3 is 3.22 bits per heavy atom. The van der Waals surface area contributed by atoms with Crippen molar-refractivity contribution in [3.05, 3.63) is 0 Å². The fourth-order valence-electron chi connectivity index (χ4n) is 0.584. The average molecular weight is 210 g/mol. The van der Waals surface area contributed by atoms with Crippen LogP contribution in [0.4, 0.5) is 0 Å². The molecule has 1 aliphatic heterocycles. The predicted octanol–water partition coefficient (Wildman–Crippen LogP) is 1.85. The molecule has 1 unspecified atom stereocenters. The highest BCUT2D eigenvalue weighted by Gasteiger charge is 2.14. The number of hydrogen-bond donors (Lipinski definition) is 0. The first-order chi connectivity index (χ1) is 4.33. The van der Waals surface area contributed by atoms with Gasteiger partial charge in [-0.25, -0.2) is 0 Å². The van der Waals surface area contributed by atoms with E-state index in [9.17, 15) is 0 Å². The quantitative estimate of drug-likeness (QED) is 0.616. The minimum Gasteiger partial charge on any atom is -0.394 e. The molecular weight excluding hydrogens is 202 g/mol. The van der Waals surface area contributed by atoms with E-state index in [0.29, 0.717) is 5.25 Å². The van der Waals surface area contributed by atoms with Crippen LogP contribution in [0.25, 0.3) is 0 Å². The molecule has 2 nitrogen and oxygen atoms in total. The van der Waals surface area contributed by atoms with Gasteiger partial charge in [-0.15, -0.1) is 0 Å². The lowest BCUT2D eigenvalue weighted by Crippen LogP contribution is -2.18. The number of oxime groups is 1. The van der Waals surface area contributed by atoms with Crippen LogP contribution in [-0.4, -0.2) is 22.2 Å². The highest BCUT2D eigenvalue weighted by atomic mass is 79.9. The monoisotopic (exact) mass is 209 g/mol. The van der Waals surface area contributed by atoms with E-state index in [1.807, 2.05) is 6.92 Å². The van der Waals surface area contributed by atoms with E-state index < -0.39 is 0 Å². The smallest absolute Gasteiger partial charge is 0.130 e. The molecule has 0 amide bonds. The number of halogens is 1. The van der Waals surface area contributed by atoms with E-state index in [1.54, 1.807) is 11.8 Å². The maximum atomic E-state index is 4.92. The van der Waals surface area contributed by atoms with E-state index in [4.69, 9.17) is 4.84 Å². The first-order valence-corrected chi connectivity index (χ1v) is 4.72. The van der Waals surface area contributed by atoms with Crippen LogP contribution in [0.15, 0.2) is 5.16 Å². The second-order valence-corrected chi connectivity index (χ2v) is 3.94. The molecule has 52 valence electrons. The normalized spacial score (nSPS) is 26.9. The van der Waals surface area contributed by atoms with Crippen molar-refractivity contribution in [1.29, 1.82) is 0 Å². The minimum absolute atomic E-state index is 0.544. The fourth-order valence-corrected chi connectivity index (χ4v) is 1.94. The number of thioether (sulfide) groups is 1. The highest BCUT2D eigenvalue weighted by molar-refractivity contribution is 9.09. The molecule has 0 fully saturated rings. The summed E-state index contributed by atoms with van der Waals surface area (Å²) in [5.74, 6) is 0. The Kier molecular flexibility index (Phi) is 2.85. The second kappa shape index (κ2) is 3.46. The number of alkyl halides is 1. The molecule has 0 aromatic rings. The molecule has 0 aromatic carbocycles. The molecule has 0 N–H and O–H groups in total. The van der Waals surface area contributed by atoms with Gasteiger partial charge in [0.1, 0.15) is 11.7 Å². The summed E-state index contributed by atoms with van der Waals surface area (Å²) in [4.78, 5) is 4.92. The molecular formula is C5H8BrNOS. The lowest BCUT2D eigenvalue weighted by molar-refractivity contribution is 0.147. The Bertz CT molecular complexity index is 128. The Hall–Kier alpha value is 0.300. The second-order valence-electron chi connectivity index (χ2n) is 1.80. The SMILES string of the molecule is CC1=NOCC(CBr)S1. The van der Waals surface area contributed by atoms with Gasteiger partial charge in [0, 0.05) is 5.33 Å². The zero-order chi connectivity index (χ0) is 6.69. The summed E-state index contributed by atoms with van der Waals surface area (Å²) in [6, 6.07) is 0. The summed E-state index contributed by atoms with van der Waals surface area (Å²) in [6.45, 7) is 2.69. The minimum atomic E-state index is 0.544. The van der Waals surface area contributed by atoms with Crippen molar-refractivity contribution in [2.24, 2.45) is 5.16 Å². The van der Waals surface area contributed by atoms with Gasteiger partial charge in [-0.1, -0.05) is 32.8 Å². The molecule has 0 bridgehead atoms. The lowest BCUT2D eigenvalue weighted by Gasteiger charge is -2.16. The van der Waals surface area contributed by atoms with E-state index in [0.717, 1.165) is 17.0 Å². The van der Waals surface area contributed by atoms with Gasteiger partial charge < -0.3 is 4.84 Å². The van der Waals surface area contributed by atoms with Crippen molar-refractivity contribution in [3.63, 3.8) is 0 Å². The third-order valence-electron chi connectivity index (χ3n) is 0.963. The van der Waals surface area contributed by atoms with Crippen LogP contribution >= 0.6 is 27.7 Å². The van der Waals surface area contributed by atoms with Crippen molar-refractivity contribution < 1.29 is 4.84 Å². The molecule has 1 heterocycles. The summed E-state index contributed by atoms with van der Waals surface area (Å²) in [7, 11) is 0. The topological polar surface area (TPSA) is 21.6 Å². The Labute approximate surface area is 67.1 Å². The molecule has 1 rings (SSSR count). The van der Waals surface area contributed by atoms with Gasteiger partial charge in [-0.2, -0.15) is 0 Å². The predicted molar refractivity (Wildman–Crippen MR) is 44.2 cm³/mol. The van der Waals surface area contributed by atoms with E-state index in [-0.39, 0.29) is 0 Å². The summed E-state index contributed by atoms with van der Waals surface area (Å²) < 4.78 is 0. The summed E-state index contributed by atoms with van der Waals surface area (Å²) in [6.07, 6.45) is 0. The molecule has 0 aromatic heterocycles. The molecule has 0 spiro atoms. The zero-order valence-electron chi connectivity index (χ0n) is 5.13. The van der Waals surface area contributed by atoms with E-state index in [1.165, 1.54) is 0 Å². The van der Waals surface area contributed by atoms with Crippen LogP contribution in [0, 0.1) is 0 Å². The van der Waals surface area contributed by atoms with Gasteiger partial charge in [0.2, 0.25) is 0 Å². The molecule has 9 heavy (non-hydrogen) atoms. The maximum absolute atomic E-state index is 4.92. The average Bonchev–Trinajstić information content (AvgIpc) is 1.88. The molecule has 0 aliphatic carbocycles. The molecule has 0 saturated heterocycles. The standard InChI is InChI=1S/C5H8BrNOS/c1-4-7-8-3-5(2-6)9-4/h5H,2-3H2,1H3. The Morgan fingerprint density at radius 2 is 2.78 bits per heavy atom. The number of hydrogen-bond acceptors (Lipinski definition) is 3. The highest BCUT2D eigenvalue weighted by Crippen LogP contribution is 2.19. The largest absolute Gasteiger partial charge is 0.394 e. The van der Waals surface area contributed by atoms with Gasteiger partial charge >= 0.3 is 0 Å². The Morgan fingerprint density at radius 1 is 2.00 bits per heavy atom. The van der Waals surface area contributed by atoms with Crippen LogP contribution in [0.3, 0.4) is 0 Å². The first kappa shape index (κ1) is 7.41.